The number of amides is 1. The van der Waals surface area contributed by atoms with Crippen molar-refractivity contribution in [2.75, 3.05) is 5.32 Å². The maximum absolute atomic E-state index is 12.4. The number of aryl methyl sites for hydroxylation is 4. The van der Waals surface area contributed by atoms with Gasteiger partial charge < -0.3 is 9.88 Å². The van der Waals surface area contributed by atoms with Gasteiger partial charge in [-0.2, -0.15) is 0 Å². The fraction of sp³-hybridized carbons (Fsp3) is 0.294. The molecular weight excluding hydrogens is 324 g/mol. The Balaban J connectivity index is 1.74. The fourth-order valence-electron chi connectivity index (χ4n) is 2.44. The molecule has 2 heterocycles. The van der Waals surface area contributed by atoms with Crippen molar-refractivity contribution in [1.82, 2.24) is 14.5 Å². The number of carbonyl (C=O) groups excluding carboxylic acids is 1. The van der Waals surface area contributed by atoms with Crippen LogP contribution in [0.4, 0.5) is 5.13 Å². The molecule has 0 aliphatic heterocycles. The SMILES string of the molecule is Cc1nc(NC(=O)CCc2nc3ccccc3n(C)c2=O)sc1C. The predicted octanol–water partition coefficient (Wildman–Crippen LogP) is 2.58. The van der Waals surface area contributed by atoms with Crippen LogP contribution in [0.1, 0.15) is 22.7 Å². The lowest BCUT2D eigenvalue weighted by Gasteiger charge is -2.07. The lowest BCUT2D eigenvalue weighted by atomic mass is 10.2. The summed E-state index contributed by atoms with van der Waals surface area (Å²) in [6.45, 7) is 3.87. The molecule has 1 amide bonds. The summed E-state index contributed by atoms with van der Waals surface area (Å²) in [6.07, 6.45) is 0.491. The zero-order valence-corrected chi connectivity index (χ0v) is 14.6. The number of carbonyl (C=O) groups is 1. The maximum atomic E-state index is 12.4. The van der Waals surface area contributed by atoms with Gasteiger partial charge in [0.2, 0.25) is 5.91 Å². The molecule has 0 unspecified atom stereocenters. The third-order valence-corrected chi connectivity index (χ3v) is 4.90. The Kier molecular flexibility index (Phi) is 4.44. The average Bonchev–Trinajstić information content (AvgIpc) is 2.87. The first-order valence-corrected chi connectivity index (χ1v) is 8.46. The van der Waals surface area contributed by atoms with Crippen molar-refractivity contribution < 1.29 is 4.79 Å². The first-order valence-electron chi connectivity index (χ1n) is 7.64. The second-order valence-electron chi connectivity index (χ2n) is 5.62. The molecule has 0 radical (unpaired) electrons. The van der Waals surface area contributed by atoms with Crippen LogP contribution in [-0.2, 0) is 18.3 Å². The summed E-state index contributed by atoms with van der Waals surface area (Å²) >= 11 is 1.45. The van der Waals surface area contributed by atoms with E-state index in [-0.39, 0.29) is 17.9 Å². The van der Waals surface area contributed by atoms with E-state index in [1.807, 2.05) is 38.1 Å². The lowest BCUT2D eigenvalue weighted by molar-refractivity contribution is -0.116. The van der Waals surface area contributed by atoms with Crippen LogP contribution in [0.25, 0.3) is 11.0 Å². The molecule has 124 valence electrons. The molecule has 0 aliphatic carbocycles. The van der Waals surface area contributed by atoms with Crippen molar-refractivity contribution >= 4 is 33.4 Å². The summed E-state index contributed by atoms with van der Waals surface area (Å²) in [7, 11) is 1.72. The van der Waals surface area contributed by atoms with Crippen LogP contribution in [0, 0.1) is 13.8 Å². The van der Waals surface area contributed by atoms with Gasteiger partial charge in [0.1, 0.15) is 5.69 Å². The van der Waals surface area contributed by atoms with Crippen molar-refractivity contribution in [2.45, 2.75) is 26.7 Å². The standard InChI is InChI=1S/C17H18N4O2S/c1-10-11(2)24-17(18-10)20-15(22)9-8-13-16(23)21(3)14-7-5-4-6-12(14)19-13/h4-7H,8-9H2,1-3H3,(H,18,20,22). The minimum absolute atomic E-state index is 0.164. The van der Waals surface area contributed by atoms with Crippen LogP contribution in [-0.4, -0.2) is 20.4 Å². The van der Waals surface area contributed by atoms with Gasteiger partial charge in [-0.05, 0) is 26.0 Å². The van der Waals surface area contributed by atoms with E-state index in [1.165, 1.54) is 11.3 Å². The molecule has 3 aromatic rings. The highest BCUT2D eigenvalue weighted by atomic mass is 32.1. The molecule has 0 fully saturated rings. The van der Waals surface area contributed by atoms with E-state index >= 15 is 0 Å². The van der Waals surface area contributed by atoms with Crippen molar-refractivity contribution in [3.05, 3.63) is 50.9 Å². The normalized spacial score (nSPS) is 11.0. The molecular formula is C17H18N4O2S. The molecule has 0 aliphatic rings. The molecule has 0 spiro atoms. The number of benzene rings is 1. The van der Waals surface area contributed by atoms with Crippen LogP contribution in [0.2, 0.25) is 0 Å². The van der Waals surface area contributed by atoms with Gasteiger partial charge >= 0.3 is 0 Å². The highest BCUT2D eigenvalue weighted by molar-refractivity contribution is 7.15. The van der Waals surface area contributed by atoms with E-state index in [1.54, 1.807) is 11.6 Å². The van der Waals surface area contributed by atoms with E-state index in [9.17, 15) is 9.59 Å². The number of anilines is 1. The molecule has 2 aromatic heterocycles. The number of para-hydroxylation sites is 2. The monoisotopic (exact) mass is 342 g/mol. The van der Waals surface area contributed by atoms with Crippen LogP contribution >= 0.6 is 11.3 Å². The van der Waals surface area contributed by atoms with Crippen LogP contribution in [0.3, 0.4) is 0 Å². The Morgan fingerprint density at radius 1 is 1.25 bits per heavy atom. The summed E-state index contributed by atoms with van der Waals surface area (Å²) in [6, 6.07) is 7.46. The zero-order valence-electron chi connectivity index (χ0n) is 13.8. The summed E-state index contributed by atoms with van der Waals surface area (Å²) in [4.78, 5) is 34.2. The van der Waals surface area contributed by atoms with E-state index in [4.69, 9.17) is 0 Å². The Bertz CT molecular complexity index is 955. The van der Waals surface area contributed by atoms with Crippen molar-refractivity contribution in [3.8, 4) is 0 Å². The highest BCUT2D eigenvalue weighted by Crippen LogP contribution is 2.21. The van der Waals surface area contributed by atoms with Gasteiger partial charge in [-0.3, -0.25) is 9.59 Å². The predicted molar refractivity (Wildman–Crippen MR) is 95.5 cm³/mol. The summed E-state index contributed by atoms with van der Waals surface area (Å²) in [5.74, 6) is -0.166. The van der Waals surface area contributed by atoms with Gasteiger partial charge in [0, 0.05) is 24.8 Å². The van der Waals surface area contributed by atoms with E-state index in [0.29, 0.717) is 17.2 Å². The second kappa shape index (κ2) is 6.52. The average molecular weight is 342 g/mol. The number of nitrogens with one attached hydrogen (secondary N) is 1. The molecule has 24 heavy (non-hydrogen) atoms. The lowest BCUT2D eigenvalue weighted by Crippen LogP contribution is -2.24. The third kappa shape index (κ3) is 3.21. The maximum Gasteiger partial charge on any atom is 0.272 e. The summed E-state index contributed by atoms with van der Waals surface area (Å²) < 4.78 is 1.57. The summed E-state index contributed by atoms with van der Waals surface area (Å²) in [5, 5.41) is 3.37. The topological polar surface area (TPSA) is 76.9 Å². The number of hydrogen-bond acceptors (Lipinski definition) is 5. The van der Waals surface area contributed by atoms with Crippen molar-refractivity contribution in [3.63, 3.8) is 0 Å². The molecule has 1 N–H and O–H groups in total. The van der Waals surface area contributed by atoms with E-state index in [0.717, 1.165) is 21.6 Å². The van der Waals surface area contributed by atoms with Gasteiger partial charge in [0.15, 0.2) is 5.13 Å². The van der Waals surface area contributed by atoms with E-state index in [2.05, 4.69) is 15.3 Å². The van der Waals surface area contributed by atoms with Gasteiger partial charge in [-0.15, -0.1) is 11.3 Å². The van der Waals surface area contributed by atoms with Gasteiger partial charge in [-0.1, -0.05) is 12.1 Å². The molecule has 3 rings (SSSR count). The summed E-state index contributed by atoms with van der Waals surface area (Å²) in [5.41, 5.74) is 2.69. The quantitative estimate of drug-likeness (QED) is 0.790. The number of hydrogen-bond donors (Lipinski definition) is 1. The highest BCUT2D eigenvalue weighted by Gasteiger charge is 2.12. The van der Waals surface area contributed by atoms with Crippen molar-refractivity contribution in [2.24, 2.45) is 7.05 Å². The van der Waals surface area contributed by atoms with Gasteiger partial charge in [0.05, 0.1) is 16.7 Å². The molecule has 6 nitrogen and oxygen atoms in total. The van der Waals surface area contributed by atoms with Crippen LogP contribution in [0.15, 0.2) is 29.1 Å². The van der Waals surface area contributed by atoms with E-state index < -0.39 is 0 Å². The molecule has 0 bridgehead atoms. The minimum atomic E-state index is -0.166. The Morgan fingerprint density at radius 3 is 2.71 bits per heavy atom. The molecule has 0 atom stereocenters. The second-order valence-corrected chi connectivity index (χ2v) is 6.82. The number of thiazole rings is 1. The molecule has 0 saturated heterocycles. The Hall–Kier alpha value is -2.54. The number of fused-ring (bicyclic) bond motifs is 1. The molecule has 7 heteroatoms. The molecule has 1 aromatic carbocycles. The number of aromatic nitrogens is 3. The Morgan fingerprint density at radius 2 is 2.00 bits per heavy atom. The van der Waals surface area contributed by atoms with Crippen molar-refractivity contribution in [1.29, 1.82) is 0 Å². The Labute approximate surface area is 143 Å². The molecule has 0 saturated carbocycles. The number of nitrogens with zero attached hydrogens (tertiary/aromatic N) is 3. The van der Waals surface area contributed by atoms with Gasteiger partial charge in [-0.25, -0.2) is 9.97 Å². The van der Waals surface area contributed by atoms with Gasteiger partial charge in [0.25, 0.3) is 5.56 Å². The van der Waals surface area contributed by atoms with Crippen LogP contribution in [0.5, 0.6) is 0 Å². The first kappa shape index (κ1) is 16.3. The number of rotatable bonds is 4. The smallest absolute Gasteiger partial charge is 0.272 e. The first-order chi connectivity index (χ1) is 11.5. The van der Waals surface area contributed by atoms with Crippen LogP contribution < -0.4 is 10.9 Å². The zero-order chi connectivity index (χ0) is 17.3. The minimum Gasteiger partial charge on any atom is -0.308 e. The largest absolute Gasteiger partial charge is 0.308 e. The third-order valence-electron chi connectivity index (χ3n) is 3.91. The fourth-order valence-corrected chi connectivity index (χ4v) is 3.27.